The molecule has 0 saturated carbocycles. The van der Waals surface area contributed by atoms with Gasteiger partial charge in [-0.05, 0) is 0 Å². The molecule has 0 heterocycles. The maximum absolute atomic E-state index is 4.50. The molecule has 3 heteroatoms. The molecule has 0 unspecified atom stereocenters. The summed E-state index contributed by atoms with van der Waals surface area (Å²) in [7, 11) is 4.50. The van der Waals surface area contributed by atoms with Crippen LogP contribution in [0.15, 0.2) is 0 Å². The van der Waals surface area contributed by atoms with Crippen LogP contribution in [0.2, 0.25) is 6.82 Å². The molecule has 0 aliphatic heterocycles. The Morgan fingerprint density at radius 2 is 1.00 bits per heavy atom. The minimum Gasteiger partial charge on any atom is -1.00 e. The Morgan fingerprint density at radius 1 is 1.00 bits per heavy atom. The van der Waals surface area contributed by atoms with Crippen molar-refractivity contribution in [1.29, 1.82) is 0 Å². The van der Waals surface area contributed by atoms with Gasteiger partial charge in [-0.15, -0.1) is 0 Å². The molecule has 0 spiro atoms. The van der Waals surface area contributed by atoms with Crippen molar-refractivity contribution < 1.29 is 48.0 Å². The molecule has 0 atom stereocenters. The van der Waals surface area contributed by atoms with Gasteiger partial charge < -0.3 is 48.0 Å². The molecule has 0 aromatic carbocycles. The molecule has 0 aliphatic carbocycles. The van der Waals surface area contributed by atoms with Gasteiger partial charge in [0.05, 0.1) is 0 Å². The summed E-state index contributed by atoms with van der Waals surface area (Å²) in [5.74, 6) is 0. The molecule has 0 nitrogen and oxygen atoms in total. The normalized spacial score (nSPS) is 1.75. The Balaban J connectivity index is -0.00000000500. The average Bonchev–Trinajstić information content (AvgIpc) is 1.00. The van der Waals surface area contributed by atoms with Crippen LogP contribution in [-0.4, -0.2) is 7.85 Å². The van der Waals surface area contributed by atoms with Crippen molar-refractivity contribution in [1.82, 2.24) is 0 Å². The first-order chi connectivity index (χ1) is 1.00. The van der Waals surface area contributed by atoms with Gasteiger partial charge in [0.15, 0.2) is 0 Å². The zero-order valence-corrected chi connectivity index (χ0v) is 6.65. The van der Waals surface area contributed by atoms with E-state index < -0.39 is 0 Å². The predicted octanol–water partition coefficient (Wildman–Crippen LogP) is -5.79. The standard InChI is InChI=1S/CH3B.2HI/c1-2;;/h1H3;2*1H/q+2;;/p-2. The summed E-state index contributed by atoms with van der Waals surface area (Å²) < 4.78 is 0. The Labute approximate surface area is 62.2 Å². The predicted molar refractivity (Wildman–Crippen MR) is 11.6 cm³/mol. The fourth-order valence-electron chi connectivity index (χ4n) is 0. The van der Waals surface area contributed by atoms with Gasteiger partial charge in [0.25, 0.3) is 0 Å². The molecule has 24 valence electrons. The Bertz CT molecular complexity index is 6.00. The molecule has 0 aromatic rings. The third kappa shape index (κ3) is 9.66. The van der Waals surface area contributed by atoms with Crippen LogP contribution < -0.4 is 48.0 Å². The molecule has 0 fully saturated rings. The molecule has 4 heavy (non-hydrogen) atoms. The minimum absolute atomic E-state index is 0. The maximum atomic E-state index is 4.50. The summed E-state index contributed by atoms with van der Waals surface area (Å²) >= 11 is 0. The van der Waals surface area contributed by atoms with E-state index in [4.69, 9.17) is 0 Å². The smallest absolute Gasteiger partial charge is 1.00 e. The molecule has 0 saturated heterocycles. The summed E-state index contributed by atoms with van der Waals surface area (Å²) in [5.41, 5.74) is 0. The third-order valence-corrected chi connectivity index (χ3v) is 0. The van der Waals surface area contributed by atoms with Gasteiger partial charge in [0.2, 0.25) is 0 Å². The first-order valence-corrected chi connectivity index (χ1v) is 0.577. The zero-order valence-electron chi connectivity index (χ0n) is 2.33. The topological polar surface area (TPSA) is 0 Å². The summed E-state index contributed by atoms with van der Waals surface area (Å²) in [5, 5.41) is 0. The van der Waals surface area contributed by atoms with Crippen LogP contribution >= 0.6 is 0 Å². The van der Waals surface area contributed by atoms with Crippen LogP contribution in [0.5, 0.6) is 0 Å². The molecule has 0 rings (SSSR count). The average molecular weight is 280 g/mol. The van der Waals surface area contributed by atoms with Gasteiger partial charge in [-0.2, -0.15) is 0 Å². The van der Waals surface area contributed by atoms with Gasteiger partial charge in [-0.1, -0.05) is 0 Å². The van der Waals surface area contributed by atoms with E-state index in [1.54, 1.807) is 0 Å². The molecular formula is CH3BI2. The monoisotopic (exact) mass is 280 g/mol. The van der Waals surface area contributed by atoms with Crippen molar-refractivity contribution in [2.45, 2.75) is 6.82 Å². The third-order valence-electron chi connectivity index (χ3n) is 0. The zero-order chi connectivity index (χ0) is 2.00. The minimum atomic E-state index is 0. The largest absolute Gasteiger partial charge is 1.00 e. The molecule has 0 radical (unpaired) electrons. The van der Waals surface area contributed by atoms with Crippen molar-refractivity contribution in [2.24, 2.45) is 0 Å². The van der Waals surface area contributed by atoms with E-state index in [1.807, 2.05) is 0 Å². The van der Waals surface area contributed by atoms with Gasteiger partial charge in [-0.3, -0.25) is 0 Å². The summed E-state index contributed by atoms with van der Waals surface area (Å²) in [4.78, 5) is 0. The van der Waals surface area contributed by atoms with Gasteiger partial charge >= 0.3 is 14.7 Å². The van der Waals surface area contributed by atoms with Crippen molar-refractivity contribution in [3.05, 3.63) is 0 Å². The van der Waals surface area contributed by atoms with E-state index in [0.29, 0.717) is 0 Å². The fourth-order valence-corrected chi connectivity index (χ4v) is 0. The van der Waals surface area contributed by atoms with E-state index in [-0.39, 0.29) is 48.0 Å². The van der Waals surface area contributed by atoms with Crippen LogP contribution in [0.3, 0.4) is 0 Å². The van der Waals surface area contributed by atoms with Crippen LogP contribution in [-0.2, 0) is 0 Å². The van der Waals surface area contributed by atoms with Crippen molar-refractivity contribution in [2.75, 3.05) is 0 Å². The van der Waals surface area contributed by atoms with Crippen LogP contribution in [0.25, 0.3) is 0 Å². The fraction of sp³-hybridized carbons (Fsp3) is 1.00. The van der Waals surface area contributed by atoms with Crippen LogP contribution in [0.4, 0.5) is 0 Å². The SMILES string of the molecule is [B+2]C.[I-].[I-]. The van der Waals surface area contributed by atoms with E-state index in [1.165, 1.54) is 6.82 Å². The van der Waals surface area contributed by atoms with Crippen molar-refractivity contribution in [3.63, 3.8) is 0 Å². The van der Waals surface area contributed by atoms with E-state index in [9.17, 15) is 0 Å². The number of hydrogen-bond donors (Lipinski definition) is 0. The first kappa shape index (κ1) is 17.7. The molecule has 0 aliphatic rings. The van der Waals surface area contributed by atoms with Gasteiger partial charge in [0.1, 0.15) is 0 Å². The molecule has 0 aromatic heterocycles. The second kappa shape index (κ2) is 24.2. The summed E-state index contributed by atoms with van der Waals surface area (Å²) in [6.45, 7) is 1.50. The molecular weight excluding hydrogens is 277 g/mol. The van der Waals surface area contributed by atoms with Crippen molar-refractivity contribution >= 4 is 7.85 Å². The Morgan fingerprint density at radius 3 is 1.00 bits per heavy atom. The number of halogens is 2. The van der Waals surface area contributed by atoms with Crippen LogP contribution in [0.1, 0.15) is 0 Å². The molecule has 0 bridgehead atoms. The van der Waals surface area contributed by atoms with E-state index in [2.05, 4.69) is 7.85 Å². The van der Waals surface area contributed by atoms with Gasteiger partial charge in [0, 0.05) is 0 Å². The van der Waals surface area contributed by atoms with E-state index >= 15 is 0 Å². The van der Waals surface area contributed by atoms with E-state index in [0.717, 1.165) is 0 Å². The summed E-state index contributed by atoms with van der Waals surface area (Å²) in [6, 6.07) is 0. The Kier molecular flexibility index (Phi) is 107. The van der Waals surface area contributed by atoms with Gasteiger partial charge in [-0.25, -0.2) is 0 Å². The quantitative estimate of drug-likeness (QED) is 0.306. The summed E-state index contributed by atoms with van der Waals surface area (Å²) in [6.07, 6.45) is 0. The second-order valence-corrected chi connectivity index (χ2v) is 0. The second-order valence-electron chi connectivity index (χ2n) is 0. The molecule has 0 N–H and O–H groups in total. The first-order valence-electron chi connectivity index (χ1n) is 0.577. The van der Waals surface area contributed by atoms with Crippen molar-refractivity contribution in [3.8, 4) is 0 Å². The number of hydrogen-bond acceptors (Lipinski definition) is 0. The number of rotatable bonds is 0. The maximum Gasteiger partial charge on any atom is -1.00 e. The molecule has 0 amide bonds. The Hall–Kier alpha value is 1.52. The van der Waals surface area contributed by atoms with Crippen LogP contribution in [0, 0.1) is 0 Å².